The average molecular weight is 596 g/mol. The monoisotopic (exact) mass is 595 g/mol. The molecule has 7 aromatic carbocycles. The molecule has 0 atom stereocenters. The molecule has 45 heavy (non-hydrogen) atoms. The summed E-state index contributed by atoms with van der Waals surface area (Å²) in [6.07, 6.45) is 0. The summed E-state index contributed by atoms with van der Waals surface area (Å²) in [7, 11) is 0. The Labute approximate surface area is 266 Å². The van der Waals surface area contributed by atoms with E-state index in [0.29, 0.717) is 11.6 Å². The molecule has 1 heterocycles. The van der Waals surface area contributed by atoms with Crippen LogP contribution in [0.2, 0.25) is 5.28 Å². The second kappa shape index (κ2) is 11.5. The average Bonchev–Trinajstić information content (AvgIpc) is 3.11. The fraction of sp³-hybridized carbons (Fsp3) is 0. The van der Waals surface area contributed by atoms with E-state index in [-0.39, 0.29) is 5.28 Å². The van der Waals surface area contributed by atoms with Crippen LogP contribution >= 0.6 is 11.6 Å². The SMILES string of the molecule is Clc1nc(-c2cccc(-c3ccc4cc(-c5ccccc5)ccc4c3)c2)nc(-c2ccc3c(-c4ccccc4)cccc3c2)n1. The highest BCUT2D eigenvalue weighted by molar-refractivity contribution is 6.28. The smallest absolute Gasteiger partial charge is 0.208 e. The van der Waals surface area contributed by atoms with Crippen LogP contribution in [-0.4, -0.2) is 15.0 Å². The number of rotatable bonds is 5. The topological polar surface area (TPSA) is 38.7 Å². The highest BCUT2D eigenvalue weighted by Gasteiger charge is 2.13. The van der Waals surface area contributed by atoms with E-state index in [1.54, 1.807) is 0 Å². The zero-order chi connectivity index (χ0) is 30.2. The molecule has 0 aliphatic heterocycles. The fourth-order valence-corrected chi connectivity index (χ4v) is 6.13. The van der Waals surface area contributed by atoms with Crippen molar-refractivity contribution in [2.75, 3.05) is 0 Å². The van der Waals surface area contributed by atoms with Gasteiger partial charge in [-0.2, -0.15) is 9.97 Å². The van der Waals surface area contributed by atoms with Gasteiger partial charge in [0.1, 0.15) is 0 Å². The third-order valence-electron chi connectivity index (χ3n) is 8.23. The van der Waals surface area contributed by atoms with Crippen LogP contribution < -0.4 is 0 Å². The number of hydrogen-bond acceptors (Lipinski definition) is 3. The van der Waals surface area contributed by atoms with Gasteiger partial charge in [0.15, 0.2) is 11.6 Å². The minimum atomic E-state index is 0.165. The third-order valence-corrected chi connectivity index (χ3v) is 8.40. The van der Waals surface area contributed by atoms with Crippen LogP contribution in [0.5, 0.6) is 0 Å². The van der Waals surface area contributed by atoms with E-state index in [9.17, 15) is 0 Å². The van der Waals surface area contributed by atoms with Gasteiger partial charge >= 0.3 is 0 Å². The lowest BCUT2D eigenvalue weighted by molar-refractivity contribution is 1.07. The van der Waals surface area contributed by atoms with Crippen LogP contribution in [0.3, 0.4) is 0 Å². The quantitative estimate of drug-likeness (QED) is 0.199. The van der Waals surface area contributed by atoms with Gasteiger partial charge < -0.3 is 0 Å². The molecule has 1 aromatic heterocycles. The Balaban J connectivity index is 1.13. The largest absolute Gasteiger partial charge is 0.226 e. The standard InChI is InChI=1S/C41H26ClN3/c42-41-44-39(43-40(45-41)36-21-22-38-34(26-36)14-8-16-37(38)28-11-5-2-6-12-28)35-15-7-13-29(25-35)31-19-20-32-23-30(17-18-33(32)24-31)27-9-3-1-4-10-27/h1-26H. The van der Waals surface area contributed by atoms with Gasteiger partial charge in [0, 0.05) is 11.1 Å². The van der Waals surface area contributed by atoms with Crippen molar-refractivity contribution in [2.24, 2.45) is 0 Å². The molecule has 4 heteroatoms. The molecular formula is C41H26ClN3. The first-order valence-corrected chi connectivity index (χ1v) is 15.3. The lowest BCUT2D eigenvalue weighted by Gasteiger charge is -2.10. The van der Waals surface area contributed by atoms with Crippen molar-refractivity contribution < 1.29 is 0 Å². The maximum absolute atomic E-state index is 6.49. The maximum Gasteiger partial charge on any atom is 0.226 e. The molecule has 0 aliphatic rings. The molecule has 0 spiro atoms. The predicted molar refractivity (Wildman–Crippen MR) is 187 cm³/mol. The minimum Gasteiger partial charge on any atom is -0.208 e. The summed E-state index contributed by atoms with van der Waals surface area (Å²) < 4.78 is 0. The van der Waals surface area contributed by atoms with Gasteiger partial charge in [0.25, 0.3) is 0 Å². The van der Waals surface area contributed by atoms with Gasteiger partial charge in [0.05, 0.1) is 0 Å². The molecule has 212 valence electrons. The fourth-order valence-electron chi connectivity index (χ4n) is 5.97. The van der Waals surface area contributed by atoms with Crippen LogP contribution in [0.15, 0.2) is 158 Å². The van der Waals surface area contributed by atoms with Gasteiger partial charge in [-0.15, -0.1) is 0 Å². The Morgan fingerprint density at radius 2 is 0.844 bits per heavy atom. The van der Waals surface area contributed by atoms with Crippen molar-refractivity contribution in [3.05, 3.63) is 163 Å². The summed E-state index contributed by atoms with van der Waals surface area (Å²) in [6, 6.07) is 55.0. The molecule has 0 fully saturated rings. The third kappa shape index (κ3) is 5.35. The van der Waals surface area contributed by atoms with Gasteiger partial charge in [-0.25, -0.2) is 4.98 Å². The number of fused-ring (bicyclic) bond motifs is 2. The van der Waals surface area contributed by atoms with Crippen LogP contribution in [0.1, 0.15) is 0 Å². The number of benzene rings is 7. The molecule has 0 aliphatic carbocycles. The van der Waals surface area contributed by atoms with Gasteiger partial charge in [0.2, 0.25) is 5.28 Å². The Morgan fingerprint density at radius 1 is 0.333 bits per heavy atom. The van der Waals surface area contributed by atoms with Crippen molar-refractivity contribution in [1.82, 2.24) is 15.0 Å². The molecule has 0 amide bonds. The van der Waals surface area contributed by atoms with Crippen LogP contribution in [0, 0.1) is 0 Å². The molecule has 0 radical (unpaired) electrons. The first-order valence-electron chi connectivity index (χ1n) is 14.9. The summed E-state index contributed by atoms with van der Waals surface area (Å²) in [5.74, 6) is 1.08. The predicted octanol–water partition coefficient (Wildman–Crippen LogP) is 11.2. The molecule has 0 saturated heterocycles. The summed E-state index contributed by atoms with van der Waals surface area (Å²) in [4.78, 5) is 13.9. The van der Waals surface area contributed by atoms with E-state index in [0.717, 1.165) is 27.6 Å². The Morgan fingerprint density at radius 3 is 1.56 bits per heavy atom. The van der Waals surface area contributed by atoms with Crippen molar-refractivity contribution in [3.8, 4) is 56.2 Å². The van der Waals surface area contributed by atoms with Gasteiger partial charge in [-0.1, -0.05) is 133 Å². The number of nitrogens with zero attached hydrogens (tertiary/aromatic N) is 3. The Hall–Kier alpha value is -5.64. The number of hydrogen-bond donors (Lipinski definition) is 0. The Bertz CT molecular complexity index is 2330. The second-order valence-electron chi connectivity index (χ2n) is 11.1. The highest BCUT2D eigenvalue weighted by atomic mass is 35.5. The van der Waals surface area contributed by atoms with E-state index in [2.05, 4.69) is 143 Å². The number of halogens is 1. The van der Waals surface area contributed by atoms with E-state index >= 15 is 0 Å². The van der Waals surface area contributed by atoms with E-state index in [1.165, 1.54) is 38.4 Å². The van der Waals surface area contributed by atoms with Crippen molar-refractivity contribution in [3.63, 3.8) is 0 Å². The molecule has 0 unspecified atom stereocenters. The molecule has 0 bridgehead atoms. The second-order valence-corrected chi connectivity index (χ2v) is 11.4. The summed E-state index contributed by atoms with van der Waals surface area (Å²) in [6.45, 7) is 0. The first kappa shape index (κ1) is 26.9. The maximum atomic E-state index is 6.49. The minimum absolute atomic E-state index is 0.165. The summed E-state index contributed by atoms with van der Waals surface area (Å²) in [5.41, 5.74) is 8.78. The zero-order valence-corrected chi connectivity index (χ0v) is 25.0. The van der Waals surface area contributed by atoms with Crippen LogP contribution in [0.25, 0.3) is 77.7 Å². The lowest BCUT2D eigenvalue weighted by atomic mass is 9.96. The molecule has 0 saturated carbocycles. The van der Waals surface area contributed by atoms with Crippen LogP contribution in [0.4, 0.5) is 0 Å². The van der Waals surface area contributed by atoms with Crippen molar-refractivity contribution >= 4 is 33.1 Å². The van der Waals surface area contributed by atoms with Gasteiger partial charge in [-0.3, -0.25) is 0 Å². The van der Waals surface area contributed by atoms with E-state index in [1.807, 2.05) is 24.3 Å². The van der Waals surface area contributed by atoms with Crippen molar-refractivity contribution in [1.29, 1.82) is 0 Å². The summed E-state index contributed by atoms with van der Waals surface area (Å²) >= 11 is 6.49. The van der Waals surface area contributed by atoms with Gasteiger partial charge in [-0.05, 0) is 90.8 Å². The number of aromatic nitrogens is 3. The molecule has 8 aromatic rings. The van der Waals surface area contributed by atoms with Crippen molar-refractivity contribution in [2.45, 2.75) is 0 Å². The van der Waals surface area contributed by atoms with Crippen LogP contribution in [-0.2, 0) is 0 Å². The normalized spacial score (nSPS) is 11.2. The first-order chi connectivity index (χ1) is 22.2. The van der Waals surface area contributed by atoms with E-state index in [4.69, 9.17) is 16.6 Å². The molecule has 8 rings (SSSR count). The summed E-state index contributed by atoms with van der Waals surface area (Å²) in [5, 5.41) is 4.85. The Kier molecular flexibility index (Phi) is 6.86. The molecular weight excluding hydrogens is 570 g/mol. The molecule has 3 nitrogen and oxygen atoms in total. The highest BCUT2D eigenvalue weighted by Crippen LogP contribution is 2.33. The van der Waals surface area contributed by atoms with E-state index < -0.39 is 0 Å². The zero-order valence-electron chi connectivity index (χ0n) is 24.2. The lowest BCUT2D eigenvalue weighted by Crippen LogP contribution is -1.97. The molecule has 0 N–H and O–H groups in total.